The summed E-state index contributed by atoms with van der Waals surface area (Å²) in [6.07, 6.45) is 3.08. The maximum absolute atomic E-state index is 11.5. The van der Waals surface area contributed by atoms with Crippen LogP contribution in [0.1, 0.15) is 19.3 Å². The minimum atomic E-state index is -1.06. The zero-order valence-corrected chi connectivity index (χ0v) is 8.98. The second-order valence-corrected chi connectivity index (χ2v) is 3.40. The molecule has 0 aromatic heterocycles. The summed E-state index contributed by atoms with van der Waals surface area (Å²) in [6, 6.07) is -0.948. The smallest absolute Gasteiger partial charge is 0.305 e. The van der Waals surface area contributed by atoms with Crippen molar-refractivity contribution in [2.75, 3.05) is 13.6 Å². The van der Waals surface area contributed by atoms with Gasteiger partial charge in [-0.3, -0.25) is 9.59 Å². The van der Waals surface area contributed by atoms with Crippen LogP contribution in [0.5, 0.6) is 0 Å². The number of rotatable bonds is 7. The van der Waals surface area contributed by atoms with Gasteiger partial charge < -0.3 is 15.7 Å². The number of carbonyl (C=O) groups excluding carboxylic acids is 1. The minimum absolute atomic E-state index is 0.329. The Kier molecular flexibility index (Phi) is 6.37. The van der Waals surface area contributed by atoms with Crippen molar-refractivity contribution in [2.24, 2.45) is 5.73 Å². The summed E-state index contributed by atoms with van der Waals surface area (Å²) in [4.78, 5) is 23.3. The Bertz CT molecular complexity index is 241. The lowest BCUT2D eigenvalue weighted by molar-refractivity contribution is -0.141. The average molecular weight is 214 g/mol. The number of nitrogens with two attached hydrogens (primary N) is 1. The predicted octanol–water partition coefficient (Wildman–Crippen LogP) is 0.213. The largest absolute Gasteiger partial charge is 0.481 e. The average Bonchev–Trinajstić information content (AvgIpc) is 2.15. The standard InChI is InChI=1S/C10H18N2O3/c1-3-4-5-6-12(2)10(15)8(11)7-9(13)14/h3,8H,1,4-7,11H2,2H3,(H,13,14). The Morgan fingerprint density at radius 2 is 2.20 bits per heavy atom. The molecule has 1 amide bonds. The quantitative estimate of drug-likeness (QED) is 0.469. The highest BCUT2D eigenvalue weighted by Gasteiger charge is 2.19. The Labute approximate surface area is 89.6 Å². The summed E-state index contributed by atoms with van der Waals surface area (Å²) >= 11 is 0. The summed E-state index contributed by atoms with van der Waals surface area (Å²) in [5.74, 6) is -1.39. The van der Waals surface area contributed by atoms with Crippen LogP contribution in [0, 0.1) is 0 Å². The van der Waals surface area contributed by atoms with E-state index in [0.29, 0.717) is 6.54 Å². The molecule has 15 heavy (non-hydrogen) atoms. The van der Waals surface area contributed by atoms with Gasteiger partial charge in [0.15, 0.2) is 0 Å². The normalized spacial score (nSPS) is 11.9. The van der Waals surface area contributed by atoms with Gasteiger partial charge in [0.05, 0.1) is 12.5 Å². The van der Waals surface area contributed by atoms with Crippen LogP contribution in [0.15, 0.2) is 12.7 Å². The molecule has 0 saturated carbocycles. The van der Waals surface area contributed by atoms with Crippen molar-refractivity contribution in [2.45, 2.75) is 25.3 Å². The van der Waals surface area contributed by atoms with Gasteiger partial charge in [-0.2, -0.15) is 0 Å². The van der Waals surface area contributed by atoms with E-state index in [1.54, 1.807) is 13.1 Å². The first-order chi connectivity index (χ1) is 6.99. The first-order valence-corrected chi connectivity index (χ1v) is 4.82. The summed E-state index contributed by atoms with van der Waals surface area (Å²) in [5.41, 5.74) is 5.43. The van der Waals surface area contributed by atoms with Gasteiger partial charge >= 0.3 is 5.97 Å². The van der Waals surface area contributed by atoms with Crippen molar-refractivity contribution >= 4 is 11.9 Å². The molecule has 5 heteroatoms. The van der Waals surface area contributed by atoms with Gasteiger partial charge in [0, 0.05) is 13.6 Å². The van der Waals surface area contributed by atoms with Crippen LogP contribution in [-0.4, -0.2) is 41.5 Å². The Balaban J connectivity index is 3.95. The van der Waals surface area contributed by atoms with Crippen molar-refractivity contribution in [1.29, 1.82) is 0 Å². The number of aliphatic carboxylic acids is 1. The molecular formula is C10H18N2O3. The minimum Gasteiger partial charge on any atom is -0.481 e. The van der Waals surface area contributed by atoms with Crippen LogP contribution < -0.4 is 5.73 Å². The van der Waals surface area contributed by atoms with Crippen molar-refractivity contribution in [3.05, 3.63) is 12.7 Å². The first-order valence-electron chi connectivity index (χ1n) is 4.82. The number of carboxylic acid groups (broad SMARTS) is 1. The fourth-order valence-corrected chi connectivity index (χ4v) is 1.14. The van der Waals surface area contributed by atoms with Gasteiger partial charge in [0.1, 0.15) is 0 Å². The lowest BCUT2D eigenvalue weighted by atomic mass is 10.2. The number of nitrogens with zero attached hydrogens (tertiary/aromatic N) is 1. The highest BCUT2D eigenvalue weighted by atomic mass is 16.4. The summed E-state index contributed by atoms with van der Waals surface area (Å²) in [7, 11) is 1.62. The topological polar surface area (TPSA) is 83.6 Å². The molecular weight excluding hydrogens is 196 g/mol. The van der Waals surface area contributed by atoms with Crippen LogP contribution in [0.2, 0.25) is 0 Å². The zero-order valence-electron chi connectivity index (χ0n) is 8.98. The Hall–Kier alpha value is -1.36. The van der Waals surface area contributed by atoms with Gasteiger partial charge in [-0.25, -0.2) is 0 Å². The van der Waals surface area contributed by atoms with Crippen LogP contribution in [0.25, 0.3) is 0 Å². The van der Waals surface area contributed by atoms with E-state index in [9.17, 15) is 9.59 Å². The molecule has 0 aliphatic carbocycles. The van der Waals surface area contributed by atoms with Gasteiger partial charge in [0.25, 0.3) is 0 Å². The van der Waals surface area contributed by atoms with Gasteiger partial charge in [-0.15, -0.1) is 6.58 Å². The third-order valence-corrected chi connectivity index (χ3v) is 1.99. The number of hydrogen-bond acceptors (Lipinski definition) is 3. The number of hydrogen-bond donors (Lipinski definition) is 2. The molecule has 1 atom stereocenters. The molecule has 0 rings (SSSR count). The molecule has 5 nitrogen and oxygen atoms in total. The van der Waals surface area contributed by atoms with Crippen molar-refractivity contribution in [1.82, 2.24) is 4.90 Å². The molecule has 0 heterocycles. The molecule has 0 radical (unpaired) electrons. The lowest BCUT2D eigenvalue weighted by Crippen LogP contribution is -2.43. The van der Waals surface area contributed by atoms with E-state index >= 15 is 0 Å². The summed E-state index contributed by atoms with van der Waals surface area (Å²) < 4.78 is 0. The second-order valence-electron chi connectivity index (χ2n) is 3.40. The molecule has 0 spiro atoms. The number of likely N-dealkylation sites (N-methyl/N-ethyl adjacent to an activating group) is 1. The Morgan fingerprint density at radius 1 is 1.60 bits per heavy atom. The summed E-state index contributed by atoms with van der Waals surface area (Å²) in [5, 5.41) is 8.46. The Morgan fingerprint density at radius 3 is 2.67 bits per heavy atom. The number of unbranched alkanes of at least 4 members (excludes halogenated alkanes) is 1. The van der Waals surface area contributed by atoms with Crippen LogP contribution in [-0.2, 0) is 9.59 Å². The molecule has 0 fully saturated rings. The fourth-order valence-electron chi connectivity index (χ4n) is 1.14. The summed E-state index contributed by atoms with van der Waals surface area (Å²) in [6.45, 7) is 4.14. The van der Waals surface area contributed by atoms with Crippen molar-refractivity contribution < 1.29 is 14.7 Å². The van der Waals surface area contributed by atoms with E-state index in [-0.39, 0.29) is 12.3 Å². The predicted molar refractivity (Wildman–Crippen MR) is 57.3 cm³/mol. The van der Waals surface area contributed by atoms with Crippen LogP contribution in [0.3, 0.4) is 0 Å². The zero-order chi connectivity index (χ0) is 11.8. The van der Waals surface area contributed by atoms with Gasteiger partial charge in [0.2, 0.25) is 5.91 Å². The van der Waals surface area contributed by atoms with Crippen molar-refractivity contribution in [3.8, 4) is 0 Å². The lowest BCUT2D eigenvalue weighted by Gasteiger charge is -2.20. The monoisotopic (exact) mass is 214 g/mol. The molecule has 0 aliphatic heterocycles. The highest BCUT2D eigenvalue weighted by Crippen LogP contribution is 1.98. The molecule has 0 bridgehead atoms. The first kappa shape index (κ1) is 13.6. The maximum Gasteiger partial charge on any atom is 0.305 e. The van der Waals surface area contributed by atoms with E-state index in [1.807, 2.05) is 0 Å². The molecule has 3 N–H and O–H groups in total. The van der Waals surface area contributed by atoms with Gasteiger partial charge in [-0.1, -0.05) is 6.08 Å². The molecule has 86 valence electrons. The van der Waals surface area contributed by atoms with Crippen molar-refractivity contribution in [3.63, 3.8) is 0 Å². The van der Waals surface area contributed by atoms with E-state index < -0.39 is 12.0 Å². The molecule has 0 aliphatic rings. The number of carbonyl (C=O) groups is 2. The van der Waals surface area contributed by atoms with E-state index in [1.165, 1.54) is 4.90 Å². The van der Waals surface area contributed by atoms with Crippen LogP contribution >= 0.6 is 0 Å². The molecule has 1 unspecified atom stereocenters. The molecule has 0 aromatic carbocycles. The highest BCUT2D eigenvalue weighted by molar-refractivity contribution is 5.85. The number of carboxylic acids is 1. The fraction of sp³-hybridized carbons (Fsp3) is 0.600. The van der Waals surface area contributed by atoms with E-state index in [4.69, 9.17) is 10.8 Å². The SMILES string of the molecule is C=CCCCN(C)C(=O)C(N)CC(=O)O. The van der Waals surface area contributed by atoms with Gasteiger partial charge in [-0.05, 0) is 12.8 Å². The third-order valence-electron chi connectivity index (χ3n) is 1.99. The third kappa shape index (κ3) is 5.85. The molecule has 0 aromatic rings. The van der Waals surface area contributed by atoms with E-state index in [2.05, 4.69) is 6.58 Å². The maximum atomic E-state index is 11.5. The number of allylic oxidation sites excluding steroid dienone is 1. The van der Waals surface area contributed by atoms with E-state index in [0.717, 1.165) is 12.8 Å². The second kappa shape index (κ2) is 7.00. The van der Waals surface area contributed by atoms with Crippen LogP contribution in [0.4, 0.5) is 0 Å². The number of amides is 1. The molecule has 0 saturated heterocycles.